The van der Waals surface area contributed by atoms with E-state index in [9.17, 15) is 22.4 Å². The van der Waals surface area contributed by atoms with Crippen LogP contribution in [0.5, 0.6) is 0 Å². The molecule has 2 aromatic rings. The lowest BCUT2D eigenvalue weighted by atomic mass is 10.0. The van der Waals surface area contributed by atoms with Gasteiger partial charge < -0.3 is 15.5 Å². The number of urea groups is 1. The zero-order valence-electron chi connectivity index (χ0n) is 16.2. The lowest BCUT2D eigenvalue weighted by Gasteiger charge is -2.33. The number of nitrogens with one attached hydrogen (secondary N) is 2. The van der Waals surface area contributed by atoms with Gasteiger partial charge in [-0.25, -0.2) is 9.18 Å². The Morgan fingerprint density at radius 3 is 2.43 bits per heavy atom. The molecule has 0 atom stereocenters. The molecule has 5 nitrogen and oxygen atoms in total. The average molecular weight is 489 g/mol. The number of carbonyl (C=O) groups is 1. The summed E-state index contributed by atoms with van der Waals surface area (Å²) in [5.41, 5.74) is -0.772. The van der Waals surface area contributed by atoms with Crippen molar-refractivity contribution in [2.75, 3.05) is 43.9 Å². The van der Waals surface area contributed by atoms with Crippen LogP contribution < -0.4 is 10.6 Å². The second-order valence-corrected chi connectivity index (χ2v) is 8.07. The van der Waals surface area contributed by atoms with Crippen molar-refractivity contribution >= 4 is 33.3 Å². The Labute approximate surface area is 180 Å². The standard InChI is InChI=1S/C20H21BrF4N4O/c1-28-6-8-29(9-7-28)12-13-2-4-15(11-16(13)20(23,24)25)26-19(30)27-18-10-14(21)3-5-17(18)22/h2-5,10-11H,6-9,12H2,1H3,(H2,26,27,30). The molecule has 1 fully saturated rings. The van der Waals surface area contributed by atoms with Crippen LogP contribution in [0.25, 0.3) is 0 Å². The highest BCUT2D eigenvalue weighted by atomic mass is 79.9. The second kappa shape index (κ2) is 9.32. The summed E-state index contributed by atoms with van der Waals surface area (Å²) in [6.07, 6.45) is -4.56. The van der Waals surface area contributed by atoms with E-state index in [4.69, 9.17) is 0 Å². The third-order valence-corrected chi connectivity index (χ3v) is 5.33. The van der Waals surface area contributed by atoms with Crippen LogP contribution in [-0.2, 0) is 12.7 Å². The number of amides is 2. The number of hydrogen-bond donors (Lipinski definition) is 2. The molecule has 30 heavy (non-hydrogen) atoms. The Kier molecular flexibility index (Phi) is 6.99. The minimum absolute atomic E-state index is 0.0302. The van der Waals surface area contributed by atoms with E-state index in [1.54, 1.807) is 0 Å². The van der Waals surface area contributed by atoms with E-state index in [-0.39, 0.29) is 23.5 Å². The lowest BCUT2D eigenvalue weighted by molar-refractivity contribution is -0.138. The number of benzene rings is 2. The Hall–Kier alpha value is -2.17. The molecular formula is C20H21BrF4N4O. The maximum Gasteiger partial charge on any atom is 0.416 e. The molecule has 0 spiro atoms. The average Bonchev–Trinajstić information content (AvgIpc) is 2.67. The molecule has 2 amide bonds. The topological polar surface area (TPSA) is 47.6 Å². The third kappa shape index (κ3) is 5.93. The maximum absolute atomic E-state index is 13.8. The van der Waals surface area contributed by atoms with Crippen molar-refractivity contribution in [3.63, 3.8) is 0 Å². The highest BCUT2D eigenvalue weighted by molar-refractivity contribution is 9.10. The van der Waals surface area contributed by atoms with E-state index in [0.717, 1.165) is 25.2 Å². The van der Waals surface area contributed by atoms with Gasteiger partial charge >= 0.3 is 12.2 Å². The van der Waals surface area contributed by atoms with E-state index in [1.165, 1.54) is 24.3 Å². The van der Waals surface area contributed by atoms with Crippen LogP contribution in [0.3, 0.4) is 0 Å². The molecule has 3 rings (SSSR count). The number of halogens is 5. The molecule has 162 valence electrons. The molecule has 0 aromatic heterocycles. The predicted octanol–water partition coefficient (Wildman–Crippen LogP) is 5.00. The van der Waals surface area contributed by atoms with Crippen molar-refractivity contribution in [1.82, 2.24) is 9.80 Å². The molecule has 1 saturated heterocycles. The van der Waals surface area contributed by atoms with Gasteiger partial charge in [0.05, 0.1) is 11.3 Å². The quantitative estimate of drug-likeness (QED) is 0.595. The molecular weight excluding hydrogens is 468 g/mol. The van der Waals surface area contributed by atoms with Crippen molar-refractivity contribution < 1.29 is 22.4 Å². The largest absolute Gasteiger partial charge is 0.416 e. The summed E-state index contributed by atoms with van der Waals surface area (Å²) in [5.74, 6) is -0.660. The molecule has 1 heterocycles. The Morgan fingerprint density at radius 2 is 1.77 bits per heavy atom. The number of piperazine rings is 1. The second-order valence-electron chi connectivity index (χ2n) is 7.15. The smallest absolute Gasteiger partial charge is 0.308 e. The molecule has 10 heteroatoms. The first-order chi connectivity index (χ1) is 14.1. The van der Waals surface area contributed by atoms with Crippen molar-refractivity contribution in [3.8, 4) is 0 Å². The van der Waals surface area contributed by atoms with Crippen LogP contribution in [0.2, 0.25) is 0 Å². The summed E-state index contributed by atoms with van der Waals surface area (Å²) in [6, 6.07) is 6.83. The summed E-state index contributed by atoms with van der Waals surface area (Å²) in [7, 11) is 1.98. The van der Waals surface area contributed by atoms with Gasteiger partial charge in [-0.3, -0.25) is 4.90 Å². The van der Waals surface area contributed by atoms with Gasteiger partial charge in [-0.05, 0) is 42.9 Å². The van der Waals surface area contributed by atoms with Crippen LogP contribution in [0, 0.1) is 5.82 Å². The molecule has 0 radical (unpaired) electrons. The van der Waals surface area contributed by atoms with Gasteiger partial charge in [0.25, 0.3) is 0 Å². The van der Waals surface area contributed by atoms with Gasteiger partial charge in [-0.1, -0.05) is 22.0 Å². The van der Waals surface area contributed by atoms with Crippen molar-refractivity contribution in [3.05, 3.63) is 57.8 Å². The van der Waals surface area contributed by atoms with Gasteiger partial charge in [0.1, 0.15) is 5.82 Å². The summed E-state index contributed by atoms with van der Waals surface area (Å²) in [6.45, 7) is 3.15. The fourth-order valence-corrected chi connectivity index (χ4v) is 3.54. The van der Waals surface area contributed by atoms with E-state index >= 15 is 0 Å². The predicted molar refractivity (Wildman–Crippen MR) is 111 cm³/mol. The van der Waals surface area contributed by atoms with Gasteiger partial charge in [-0.2, -0.15) is 13.2 Å². The number of likely N-dealkylation sites (N-methyl/N-ethyl adjacent to an activating group) is 1. The highest BCUT2D eigenvalue weighted by Crippen LogP contribution is 2.34. The molecule has 0 unspecified atom stereocenters. The Morgan fingerprint density at radius 1 is 1.07 bits per heavy atom. The number of carbonyl (C=O) groups excluding carboxylic acids is 1. The number of anilines is 2. The summed E-state index contributed by atoms with van der Waals surface area (Å²) >= 11 is 3.17. The first-order valence-corrected chi connectivity index (χ1v) is 10.1. The Bertz CT molecular complexity index is 914. The zero-order valence-corrected chi connectivity index (χ0v) is 17.8. The van der Waals surface area contributed by atoms with Crippen LogP contribution >= 0.6 is 15.9 Å². The van der Waals surface area contributed by atoms with Crippen LogP contribution in [0.4, 0.5) is 33.7 Å². The number of nitrogens with zero attached hydrogens (tertiary/aromatic N) is 2. The van der Waals surface area contributed by atoms with Gasteiger partial charge in [0.15, 0.2) is 0 Å². The molecule has 1 aliphatic heterocycles. The first kappa shape index (κ1) is 22.5. The Balaban J connectivity index is 1.74. The van der Waals surface area contributed by atoms with E-state index < -0.39 is 23.6 Å². The monoisotopic (exact) mass is 488 g/mol. The van der Waals surface area contributed by atoms with Crippen LogP contribution in [0.1, 0.15) is 11.1 Å². The van der Waals surface area contributed by atoms with Crippen molar-refractivity contribution in [2.45, 2.75) is 12.7 Å². The molecule has 1 aliphatic rings. The summed E-state index contributed by atoms with van der Waals surface area (Å²) < 4.78 is 55.2. The number of alkyl halides is 3. The van der Waals surface area contributed by atoms with E-state index in [0.29, 0.717) is 17.6 Å². The van der Waals surface area contributed by atoms with Crippen molar-refractivity contribution in [2.24, 2.45) is 0 Å². The highest BCUT2D eigenvalue weighted by Gasteiger charge is 2.34. The normalized spacial score (nSPS) is 15.8. The summed E-state index contributed by atoms with van der Waals surface area (Å²) in [4.78, 5) is 16.2. The van der Waals surface area contributed by atoms with E-state index in [2.05, 4.69) is 31.5 Å². The van der Waals surface area contributed by atoms with Gasteiger partial charge in [0.2, 0.25) is 0 Å². The molecule has 0 aliphatic carbocycles. The molecule has 0 bridgehead atoms. The fraction of sp³-hybridized carbons (Fsp3) is 0.350. The lowest BCUT2D eigenvalue weighted by Crippen LogP contribution is -2.44. The van der Waals surface area contributed by atoms with Crippen LogP contribution in [0.15, 0.2) is 40.9 Å². The van der Waals surface area contributed by atoms with Crippen molar-refractivity contribution in [1.29, 1.82) is 0 Å². The SMILES string of the molecule is CN1CCN(Cc2ccc(NC(=O)Nc3cc(Br)ccc3F)cc2C(F)(F)F)CC1. The molecule has 2 aromatic carbocycles. The minimum Gasteiger partial charge on any atom is -0.308 e. The third-order valence-electron chi connectivity index (χ3n) is 4.84. The number of rotatable bonds is 4. The molecule has 0 saturated carbocycles. The number of hydrogen-bond acceptors (Lipinski definition) is 3. The fourth-order valence-electron chi connectivity index (χ4n) is 3.18. The van der Waals surface area contributed by atoms with Gasteiger partial charge in [-0.15, -0.1) is 0 Å². The maximum atomic E-state index is 13.8. The van der Waals surface area contributed by atoms with Crippen LogP contribution in [-0.4, -0.2) is 49.1 Å². The van der Waals surface area contributed by atoms with E-state index in [1.807, 2.05) is 11.9 Å². The zero-order chi connectivity index (χ0) is 21.9. The summed E-state index contributed by atoms with van der Waals surface area (Å²) in [5, 5.41) is 4.63. The first-order valence-electron chi connectivity index (χ1n) is 9.26. The van der Waals surface area contributed by atoms with Gasteiger partial charge in [0, 0.05) is 42.9 Å². The minimum atomic E-state index is -4.56. The molecule has 2 N–H and O–H groups in total.